The van der Waals surface area contributed by atoms with E-state index in [2.05, 4.69) is 52.1 Å². The Morgan fingerprint density at radius 1 is 1.50 bits per heavy atom. The number of benzene rings is 1. The van der Waals surface area contributed by atoms with Gasteiger partial charge in [0, 0.05) is 22.7 Å². The van der Waals surface area contributed by atoms with E-state index in [1.807, 2.05) is 6.07 Å². The highest BCUT2D eigenvalue weighted by atomic mass is 79.9. The van der Waals surface area contributed by atoms with Crippen molar-refractivity contribution in [3.8, 4) is 0 Å². The van der Waals surface area contributed by atoms with Crippen molar-refractivity contribution in [2.75, 3.05) is 25.0 Å². The van der Waals surface area contributed by atoms with Gasteiger partial charge >= 0.3 is 0 Å². The molecule has 0 radical (unpaired) electrons. The molecule has 0 amide bonds. The van der Waals surface area contributed by atoms with Gasteiger partial charge in [-0.05, 0) is 79.3 Å². The summed E-state index contributed by atoms with van der Waals surface area (Å²) in [5.74, 6) is 0.727. The standard InChI is InChI=1S/C16H24BrClN2/c1-3-8-20-9-4-5-13(11-20)12(2)19-14-6-7-16(18)15(17)10-14/h6-7,10,12-13,19H,3-5,8-9,11H2,1-2H3. The first-order valence-electron chi connectivity index (χ1n) is 7.54. The first-order valence-corrected chi connectivity index (χ1v) is 8.71. The second-order valence-electron chi connectivity index (χ2n) is 5.76. The summed E-state index contributed by atoms with van der Waals surface area (Å²) in [6, 6.07) is 6.54. The van der Waals surface area contributed by atoms with Gasteiger partial charge in [-0.15, -0.1) is 0 Å². The van der Waals surface area contributed by atoms with Gasteiger partial charge < -0.3 is 10.2 Å². The first kappa shape index (κ1) is 16.1. The second-order valence-corrected chi connectivity index (χ2v) is 7.03. The quantitative estimate of drug-likeness (QED) is 0.793. The van der Waals surface area contributed by atoms with E-state index in [0.717, 1.165) is 21.1 Å². The normalized spacial score (nSPS) is 21.7. The van der Waals surface area contributed by atoms with E-state index in [1.54, 1.807) is 0 Å². The molecule has 1 aliphatic rings. The molecular weight excluding hydrogens is 336 g/mol. The van der Waals surface area contributed by atoms with Gasteiger partial charge in [-0.25, -0.2) is 0 Å². The zero-order chi connectivity index (χ0) is 14.5. The first-order chi connectivity index (χ1) is 9.60. The molecule has 1 N–H and O–H groups in total. The van der Waals surface area contributed by atoms with Gasteiger partial charge in [0.1, 0.15) is 0 Å². The summed E-state index contributed by atoms with van der Waals surface area (Å²) in [6.07, 6.45) is 3.89. The minimum atomic E-state index is 0.489. The summed E-state index contributed by atoms with van der Waals surface area (Å²) >= 11 is 9.52. The SMILES string of the molecule is CCCN1CCCC(C(C)Nc2ccc(Cl)c(Br)c2)C1. The van der Waals surface area contributed by atoms with Crippen LogP contribution in [-0.4, -0.2) is 30.6 Å². The minimum absolute atomic E-state index is 0.489. The Labute approximate surface area is 136 Å². The number of hydrogen-bond donors (Lipinski definition) is 1. The summed E-state index contributed by atoms with van der Waals surface area (Å²) < 4.78 is 0.952. The third kappa shape index (κ3) is 4.37. The number of hydrogen-bond acceptors (Lipinski definition) is 2. The second kappa shape index (κ2) is 7.67. The molecule has 2 rings (SSSR count). The van der Waals surface area contributed by atoms with Crippen LogP contribution in [0.3, 0.4) is 0 Å². The van der Waals surface area contributed by atoms with Gasteiger partial charge in [0.2, 0.25) is 0 Å². The van der Waals surface area contributed by atoms with Crippen molar-refractivity contribution in [1.82, 2.24) is 4.90 Å². The molecule has 0 aromatic heterocycles. The van der Waals surface area contributed by atoms with Crippen molar-refractivity contribution in [2.24, 2.45) is 5.92 Å². The number of likely N-dealkylation sites (tertiary alicyclic amines) is 1. The lowest BCUT2D eigenvalue weighted by Crippen LogP contribution is -2.42. The maximum atomic E-state index is 6.04. The molecular formula is C16H24BrClN2. The van der Waals surface area contributed by atoms with Crippen LogP contribution in [0.5, 0.6) is 0 Å². The summed E-state index contributed by atoms with van der Waals surface area (Å²) in [7, 11) is 0. The monoisotopic (exact) mass is 358 g/mol. The van der Waals surface area contributed by atoms with Gasteiger partial charge in [0.05, 0.1) is 5.02 Å². The van der Waals surface area contributed by atoms with Crippen molar-refractivity contribution in [1.29, 1.82) is 0 Å². The van der Waals surface area contributed by atoms with Crippen LogP contribution in [0.25, 0.3) is 0 Å². The average Bonchev–Trinajstić information content (AvgIpc) is 2.43. The van der Waals surface area contributed by atoms with Crippen LogP contribution in [0, 0.1) is 5.92 Å². The largest absolute Gasteiger partial charge is 0.382 e. The number of halogens is 2. The lowest BCUT2D eigenvalue weighted by Gasteiger charge is -2.36. The van der Waals surface area contributed by atoms with Crippen molar-refractivity contribution >= 4 is 33.2 Å². The fourth-order valence-corrected chi connectivity index (χ4v) is 3.48. The van der Waals surface area contributed by atoms with Crippen LogP contribution in [0.1, 0.15) is 33.1 Å². The molecule has 0 spiro atoms. The highest BCUT2D eigenvalue weighted by Gasteiger charge is 2.24. The fraction of sp³-hybridized carbons (Fsp3) is 0.625. The fourth-order valence-electron chi connectivity index (χ4n) is 2.99. The molecule has 112 valence electrons. The molecule has 0 bridgehead atoms. The van der Waals surface area contributed by atoms with Crippen molar-refractivity contribution < 1.29 is 0 Å². The van der Waals surface area contributed by atoms with Crippen molar-refractivity contribution in [3.05, 3.63) is 27.7 Å². The molecule has 2 unspecified atom stereocenters. The van der Waals surface area contributed by atoms with Crippen LogP contribution >= 0.6 is 27.5 Å². The number of anilines is 1. The molecule has 4 heteroatoms. The topological polar surface area (TPSA) is 15.3 Å². The zero-order valence-electron chi connectivity index (χ0n) is 12.3. The van der Waals surface area contributed by atoms with E-state index in [9.17, 15) is 0 Å². The number of nitrogens with one attached hydrogen (secondary N) is 1. The Morgan fingerprint density at radius 3 is 3.00 bits per heavy atom. The molecule has 2 atom stereocenters. The van der Waals surface area contributed by atoms with E-state index >= 15 is 0 Å². The molecule has 0 aliphatic carbocycles. The van der Waals surface area contributed by atoms with Crippen LogP contribution in [0.2, 0.25) is 5.02 Å². The average molecular weight is 360 g/mol. The summed E-state index contributed by atoms with van der Waals surface area (Å²) in [4.78, 5) is 2.60. The Hall–Kier alpha value is -0.250. The van der Waals surface area contributed by atoms with Crippen molar-refractivity contribution in [3.63, 3.8) is 0 Å². The maximum Gasteiger partial charge on any atom is 0.0549 e. The molecule has 1 heterocycles. The molecule has 1 aromatic rings. The van der Waals surface area contributed by atoms with E-state index in [-0.39, 0.29) is 0 Å². The Morgan fingerprint density at radius 2 is 2.30 bits per heavy atom. The Balaban J connectivity index is 1.93. The lowest BCUT2D eigenvalue weighted by molar-refractivity contribution is 0.165. The van der Waals surface area contributed by atoms with E-state index in [0.29, 0.717) is 6.04 Å². The highest BCUT2D eigenvalue weighted by Crippen LogP contribution is 2.28. The van der Waals surface area contributed by atoms with Crippen LogP contribution in [-0.2, 0) is 0 Å². The van der Waals surface area contributed by atoms with Gasteiger partial charge in [-0.1, -0.05) is 18.5 Å². The maximum absolute atomic E-state index is 6.04. The van der Waals surface area contributed by atoms with E-state index < -0.39 is 0 Å². The van der Waals surface area contributed by atoms with Gasteiger partial charge in [-0.2, -0.15) is 0 Å². The highest BCUT2D eigenvalue weighted by molar-refractivity contribution is 9.10. The predicted molar refractivity (Wildman–Crippen MR) is 91.7 cm³/mol. The molecule has 2 nitrogen and oxygen atoms in total. The molecule has 20 heavy (non-hydrogen) atoms. The van der Waals surface area contributed by atoms with Gasteiger partial charge in [0.25, 0.3) is 0 Å². The number of nitrogens with zero attached hydrogens (tertiary/aromatic N) is 1. The molecule has 1 saturated heterocycles. The molecule has 1 fully saturated rings. The minimum Gasteiger partial charge on any atom is -0.382 e. The Bertz CT molecular complexity index is 436. The van der Waals surface area contributed by atoms with Gasteiger partial charge in [-0.3, -0.25) is 0 Å². The third-order valence-corrected chi connectivity index (χ3v) is 5.32. The molecule has 1 aliphatic heterocycles. The summed E-state index contributed by atoms with van der Waals surface area (Å²) in [6.45, 7) is 8.27. The number of rotatable bonds is 5. The predicted octanol–water partition coefficient (Wildman–Crippen LogP) is 5.02. The molecule has 1 aromatic carbocycles. The number of piperidine rings is 1. The summed E-state index contributed by atoms with van der Waals surface area (Å²) in [5, 5.41) is 4.39. The van der Waals surface area contributed by atoms with Crippen molar-refractivity contribution in [2.45, 2.75) is 39.2 Å². The smallest absolute Gasteiger partial charge is 0.0549 e. The van der Waals surface area contributed by atoms with Crippen LogP contribution in [0.4, 0.5) is 5.69 Å². The van der Waals surface area contributed by atoms with Crippen LogP contribution in [0.15, 0.2) is 22.7 Å². The van der Waals surface area contributed by atoms with E-state index in [1.165, 1.54) is 38.9 Å². The zero-order valence-corrected chi connectivity index (χ0v) is 14.7. The third-order valence-electron chi connectivity index (χ3n) is 4.10. The molecule has 0 saturated carbocycles. The van der Waals surface area contributed by atoms with E-state index in [4.69, 9.17) is 11.6 Å². The van der Waals surface area contributed by atoms with Crippen LogP contribution < -0.4 is 5.32 Å². The Kier molecular flexibility index (Phi) is 6.19. The van der Waals surface area contributed by atoms with Gasteiger partial charge in [0.15, 0.2) is 0 Å². The summed E-state index contributed by atoms with van der Waals surface area (Å²) in [5.41, 5.74) is 1.14. The lowest BCUT2D eigenvalue weighted by atomic mass is 9.91.